The number of rotatable bonds is 3. The Bertz CT molecular complexity index is 991. The zero-order valence-electron chi connectivity index (χ0n) is 12.7. The molecule has 4 rings (SSSR count). The van der Waals surface area contributed by atoms with E-state index in [0.717, 1.165) is 15.2 Å². The number of thiazole rings is 1. The van der Waals surface area contributed by atoms with Crippen LogP contribution in [0.3, 0.4) is 0 Å². The van der Waals surface area contributed by atoms with Gasteiger partial charge in [0.05, 0.1) is 16.5 Å². The van der Waals surface area contributed by atoms with Gasteiger partial charge in [0.25, 0.3) is 0 Å². The molecule has 0 saturated heterocycles. The zero-order chi connectivity index (χ0) is 16.5. The van der Waals surface area contributed by atoms with E-state index in [1.165, 1.54) is 18.3 Å². The molecule has 3 aromatic heterocycles. The number of amides is 1. The van der Waals surface area contributed by atoms with Crippen LogP contribution in [0, 0.1) is 0 Å². The summed E-state index contributed by atoms with van der Waals surface area (Å²) < 4.78 is 6.45. The second kappa shape index (κ2) is 5.86. The van der Waals surface area contributed by atoms with Gasteiger partial charge in [0.1, 0.15) is 16.5 Å². The Balaban J connectivity index is 1.86. The van der Waals surface area contributed by atoms with Gasteiger partial charge in [0, 0.05) is 13.0 Å². The van der Waals surface area contributed by atoms with E-state index < -0.39 is 0 Å². The van der Waals surface area contributed by atoms with Gasteiger partial charge in [-0.05, 0) is 24.3 Å². The van der Waals surface area contributed by atoms with Gasteiger partial charge in [-0.15, -0.1) is 11.3 Å². The first-order chi connectivity index (χ1) is 11.7. The lowest BCUT2D eigenvalue weighted by molar-refractivity contribution is -0.114. The van der Waals surface area contributed by atoms with E-state index in [1.807, 2.05) is 24.3 Å². The van der Waals surface area contributed by atoms with Crippen LogP contribution in [0.15, 0.2) is 53.1 Å². The highest BCUT2D eigenvalue weighted by molar-refractivity contribution is 7.21. The van der Waals surface area contributed by atoms with Crippen molar-refractivity contribution in [2.75, 3.05) is 5.32 Å². The van der Waals surface area contributed by atoms with Crippen LogP contribution in [-0.2, 0) is 4.79 Å². The molecule has 1 amide bonds. The molecule has 0 fully saturated rings. The maximum Gasteiger partial charge on any atom is 0.222 e. The van der Waals surface area contributed by atoms with Crippen molar-refractivity contribution in [2.45, 2.75) is 6.92 Å². The minimum atomic E-state index is -0.200. The second-order valence-corrected chi connectivity index (χ2v) is 6.14. The third kappa shape index (κ3) is 2.77. The molecule has 0 unspecified atom stereocenters. The number of hydrogen-bond donors (Lipinski definition) is 1. The van der Waals surface area contributed by atoms with Crippen LogP contribution in [0.25, 0.3) is 32.5 Å². The number of nitrogens with zero attached hydrogens (tertiary/aromatic N) is 3. The first-order valence-electron chi connectivity index (χ1n) is 7.25. The third-order valence-corrected chi connectivity index (χ3v) is 4.34. The lowest BCUT2D eigenvalue weighted by Gasteiger charge is -2.05. The number of hydrogen-bond acceptors (Lipinski definition) is 6. The number of nitrogens with one attached hydrogen (secondary N) is 1. The van der Waals surface area contributed by atoms with Crippen molar-refractivity contribution in [3.8, 4) is 22.3 Å². The minimum absolute atomic E-state index is 0.200. The Kier molecular flexibility index (Phi) is 3.55. The summed E-state index contributed by atoms with van der Waals surface area (Å²) in [5.41, 5.74) is 1.55. The van der Waals surface area contributed by atoms with Gasteiger partial charge in [-0.1, -0.05) is 12.1 Å². The summed E-state index contributed by atoms with van der Waals surface area (Å²) in [5, 5.41) is 3.46. The Morgan fingerprint density at radius 3 is 2.75 bits per heavy atom. The largest absolute Gasteiger partial charge is 0.461 e. The molecule has 4 aromatic rings. The Labute approximate surface area is 141 Å². The number of fused-ring (bicyclic) bond motifs is 1. The van der Waals surface area contributed by atoms with E-state index in [9.17, 15) is 4.79 Å². The smallest absolute Gasteiger partial charge is 0.222 e. The Hall–Kier alpha value is -3.06. The predicted octanol–water partition coefficient (Wildman–Crippen LogP) is 3.97. The van der Waals surface area contributed by atoms with Gasteiger partial charge in [0.2, 0.25) is 5.91 Å². The fourth-order valence-corrected chi connectivity index (χ4v) is 3.23. The number of furan rings is 1. The van der Waals surface area contributed by atoms with E-state index in [-0.39, 0.29) is 5.91 Å². The fraction of sp³-hybridized carbons (Fsp3) is 0.0588. The molecule has 1 N–H and O–H groups in total. The standard InChI is InChI=1S/C17H12N4O2S/c1-10(22)18-15-9-12(19-16(21-15)13-6-4-8-23-13)17-20-11-5-2-3-7-14(11)24-17/h2-9H,1H3,(H,18,19,21,22). The van der Waals surface area contributed by atoms with Crippen LogP contribution in [-0.4, -0.2) is 20.9 Å². The summed E-state index contributed by atoms with van der Waals surface area (Å²) in [7, 11) is 0. The molecule has 1 aromatic carbocycles. The van der Waals surface area contributed by atoms with Crippen LogP contribution >= 0.6 is 11.3 Å². The molecule has 6 nitrogen and oxygen atoms in total. The summed E-state index contributed by atoms with van der Waals surface area (Å²) in [6.45, 7) is 1.44. The van der Waals surface area contributed by atoms with Gasteiger partial charge < -0.3 is 9.73 Å². The summed E-state index contributed by atoms with van der Waals surface area (Å²) in [4.78, 5) is 24.9. The molecule has 0 saturated carbocycles. The van der Waals surface area contributed by atoms with Crippen molar-refractivity contribution in [2.24, 2.45) is 0 Å². The third-order valence-electron chi connectivity index (χ3n) is 3.28. The molecule has 118 valence electrons. The summed E-state index contributed by atoms with van der Waals surface area (Å²) in [6, 6.07) is 13.1. The maximum atomic E-state index is 11.4. The Morgan fingerprint density at radius 2 is 2.00 bits per heavy atom. The highest BCUT2D eigenvalue weighted by Crippen LogP contribution is 2.31. The quantitative estimate of drug-likeness (QED) is 0.612. The lowest BCUT2D eigenvalue weighted by Crippen LogP contribution is -2.08. The first-order valence-corrected chi connectivity index (χ1v) is 8.07. The van der Waals surface area contributed by atoms with Crippen LogP contribution in [0.4, 0.5) is 5.82 Å². The number of aromatic nitrogens is 3. The molecule has 0 radical (unpaired) electrons. The number of benzene rings is 1. The van der Waals surface area contributed by atoms with Crippen LogP contribution in [0.2, 0.25) is 0 Å². The van der Waals surface area contributed by atoms with Crippen molar-refractivity contribution in [1.29, 1.82) is 0 Å². The Morgan fingerprint density at radius 1 is 1.12 bits per heavy atom. The average molecular weight is 336 g/mol. The number of carbonyl (C=O) groups excluding carboxylic acids is 1. The number of para-hydroxylation sites is 1. The van der Waals surface area contributed by atoms with Gasteiger partial charge in [-0.25, -0.2) is 15.0 Å². The van der Waals surface area contributed by atoms with Gasteiger partial charge in [-0.2, -0.15) is 0 Å². The van der Waals surface area contributed by atoms with E-state index in [0.29, 0.717) is 23.1 Å². The van der Waals surface area contributed by atoms with E-state index >= 15 is 0 Å². The first kappa shape index (κ1) is 14.5. The molecule has 0 aliphatic rings. The maximum absolute atomic E-state index is 11.4. The average Bonchev–Trinajstić information content (AvgIpc) is 3.23. The van der Waals surface area contributed by atoms with Crippen molar-refractivity contribution in [3.63, 3.8) is 0 Å². The van der Waals surface area contributed by atoms with E-state index in [2.05, 4.69) is 20.3 Å². The van der Waals surface area contributed by atoms with Gasteiger partial charge >= 0.3 is 0 Å². The normalized spacial score (nSPS) is 10.9. The second-order valence-electron chi connectivity index (χ2n) is 5.11. The molecule has 3 heterocycles. The molecular weight excluding hydrogens is 324 g/mol. The molecule has 0 aliphatic heterocycles. The van der Waals surface area contributed by atoms with Crippen molar-refractivity contribution in [3.05, 3.63) is 48.7 Å². The highest BCUT2D eigenvalue weighted by atomic mass is 32.1. The molecule has 0 aliphatic carbocycles. The van der Waals surface area contributed by atoms with Gasteiger partial charge in [-0.3, -0.25) is 4.79 Å². The molecular formula is C17H12N4O2S. The zero-order valence-corrected chi connectivity index (χ0v) is 13.5. The molecule has 24 heavy (non-hydrogen) atoms. The van der Waals surface area contributed by atoms with Crippen molar-refractivity contribution < 1.29 is 9.21 Å². The molecule has 0 atom stereocenters. The molecule has 0 bridgehead atoms. The number of anilines is 1. The predicted molar refractivity (Wildman–Crippen MR) is 92.7 cm³/mol. The van der Waals surface area contributed by atoms with Gasteiger partial charge in [0.15, 0.2) is 11.6 Å². The number of carbonyl (C=O) groups is 1. The molecule has 0 spiro atoms. The topological polar surface area (TPSA) is 80.9 Å². The van der Waals surface area contributed by atoms with Crippen molar-refractivity contribution in [1.82, 2.24) is 15.0 Å². The van der Waals surface area contributed by atoms with Crippen LogP contribution in [0.1, 0.15) is 6.92 Å². The summed E-state index contributed by atoms with van der Waals surface area (Å²) >= 11 is 1.54. The van der Waals surface area contributed by atoms with E-state index in [4.69, 9.17) is 4.42 Å². The SMILES string of the molecule is CC(=O)Nc1cc(-c2nc3ccccc3s2)nc(-c2ccco2)n1. The van der Waals surface area contributed by atoms with Crippen molar-refractivity contribution >= 4 is 33.3 Å². The highest BCUT2D eigenvalue weighted by Gasteiger charge is 2.14. The summed E-state index contributed by atoms with van der Waals surface area (Å²) in [6.07, 6.45) is 1.56. The minimum Gasteiger partial charge on any atom is -0.461 e. The monoisotopic (exact) mass is 336 g/mol. The molecule has 7 heteroatoms. The lowest BCUT2D eigenvalue weighted by atomic mass is 10.3. The van der Waals surface area contributed by atoms with Crippen LogP contribution in [0.5, 0.6) is 0 Å². The summed E-state index contributed by atoms with van der Waals surface area (Å²) in [5.74, 6) is 1.15. The fourth-order valence-electron chi connectivity index (χ4n) is 2.30. The van der Waals surface area contributed by atoms with E-state index in [1.54, 1.807) is 24.5 Å². The van der Waals surface area contributed by atoms with Crippen LogP contribution < -0.4 is 5.32 Å².